The summed E-state index contributed by atoms with van der Waals surface area (Å²) in [6.45, 7) is 2.56. The smallest absolute Gasteiger partial charge is 0.162 e. The van der Waals surface area contributed by atoms with E-state index >= 15 is 0 Å². The Balaban J connectivity index is 1.34. The average Bonchev–Trinajstić information content (AvgIpc) is 3.02. The second-order valence-corrected chi connectivity index (χ2v) is 10.1. The number of nitrogens with zero attached hydrogens (tertiary/aromatic N) is 4. The van der Waals surface area contributed by atoms with E-state index in [0.717, 1.165) is 40.3 Å². The summed E-state index contributed by atoms with van der Waals surface area (Å²) in [5, 5.41) is 11.8. The van der Waals surface area contributed by atoms with Crippen molar-refractivity contribution in [3.63, 3.8) is 0 Å². The number of hydrogen-bond acceptors (Lipinski definition) is 10. The number of methoxy groups -OCH3 is 2. The van der Waals surface area contributed by atoms with Crippen molar-refractivity contribution in [2.75, 3.05) is 46.3 Å². The minimum Gasteiger partial charge on any atom is -0.493 e. The first-order valence-corrected chi connectivity index (χ1v) is 13.8. The van der Waals surface area contributed by atoms with Crippen LogP contribution in [0.25, 0.3) is 32.9 Å². The van der Waals surface area contributed by atoms with E-state index in [0.29, 0.717) is 48.3 Å². The highest BCUT2D eigenvalue weighted by Crippen LogP contribution is 2.37. The quantitative estimate of drug-likeness (QED) is 0.178. The highest BCUT2D eigenvalue weighted by Gasteiger charge is 2.15. The number of rotatable bonds is 13. The second-order valence-electron chi connectivity index (χ2n) is 10.1. The van der Waals surface area contributed by atoms with Gasteiger partial charge in [-0.3, -0.25) is 14.9 Å². The fraction of sp³-hybridized carbons (Fsp3) is 0.281. The van der Waals surface area contributed by atoms with E-state index in [1.807, 2.05) is 42.5 Å². The highest BCUT2D eigenvalue weighted by atomic mass is 16.5. The Morgan fingerprint density at radius 3 is 2.48 bits per heavy atom. The zero-order chi connectivity index (χ0) is 29.5. The lowest BCUT2D eigenvalue weighted by atomic mass is 10.0. The summed E-state index contributed by atoms with van der Waals surface area (Å²) in [5.41, 5.74) is 16.2. The molecule has 5 N–H and O–H groups in total. The van der Waals surface area contributed by atoms with Crippen molar-refractivity contribution in [3.05, 3.63) is 78.8 Å². The minimum atomic E-state index is -0.240. The maximum absolute atomic E-state index is 9.34. The number of pyridine rings is 3. The van der Waals surface area contributed by atoms with E-state index in [2.05, 4.69) is 32.0 Å². The minimum absolute atomic E-state index is 0.136. The van der Waals surface area contributed by atoms with Gasteiger partial charge < -0.3 is 30.8 Å². The van der Waals surface area contributed by atoms with E-state index in [-0.39, 0.29) is 12.6 Å². The first kappa shape index (κ1) is 29.0. The molecule has 42 heavy (non-hydrogen) atoms. The number of nitrogens with two attached hydrogens (primary N) is 2. The van der Waals surface area contributed by atoms with Crippen LogP contribution in [0, 0.1) is 0 Å². The van der Waals surface area contributed by atoms with Gasteiger partial charge in [0, 0.05) is 61.0 Å². The third kappa shape index (κ3) is 6.68. The number of benzene rings is 2. The summed E-state index contributed by atoms with van der Waals surface area (Å²) in [7, 11) is 3.19. The van der Waals surface area contributed by atoms with E-state index in [4.69, 9.17) is 25.7 Å². The highest BCUT2D eigenvalue weighted by molar-refractivity contribution is 6.10. The normalized spacial score (nSPS) is 12.1. The lowest BCUT2D eigenvalue weighted by molar-refractivity contribution is 0.187. The maximum atomic E-state index is 9.34. The topological polar surface area (TPSA) is 142 Å². The molecule has 10 heteroatoms. The summed E-state index contributed by atoms with van der Waals surface area (Å²) >= 11 is 0. The average molecular weight is 569 g/mol. The largest absolute Gasteiger partial charge is 0.493 e. The predicted molar refractivity (Wildman–Crippen MR) is 165 cm³/mol. The second kappa shape index (κ2) is 13.4. The molecule has 0 fully saturated rings. The molecule has 0 saturated carbocycles. The van der Waals surface area contributed by atoms with Crippen LogP contribution >= 0.6 is 0 Å². The fourth-order valence-corrected chi connectivity index (χ4v) is 5.00. The van der Waals surface area contributed by atoms with Gasteiger partial charge in [-0.05, 0) is 35.6 Å². The molecule has 0 amide bonds. The van der Waals surface area contributed by atoms with Gasteiger partial charge in [0.15, 0.2) is 11.5 Å². The van der Waals surface area contributed by atoms with Crippen LogP contribution < -0.4 is 25.7 Å². The van der Waals surface area contributed by atoms with Gasteiger partial charge in [-0.15, -0.1) is 0 Å². The number of fused-ring (bicyclic) bond motifs is 3. The molecule has 0 spiro atoms. The fourth-order valence-electron chi connectivity index (χ4n) is 5.00. The molecule has 10 nitrogen and oxygen atoms in total. The summed E-state index contributed by atoms with van der Waals surface area (Å²) in [5.74, 6) is 2.15. The van der Waals surface area contributed by atoms with Crippen molar-refractivity contribution in [2.24, 2.45) is 5.73 Å². The molecule has 0 aliphatic rings. The van der Waals surface area contributed by atoms with Crippen molar-refractivity contribution >= 4 is 27.5 Å². The number of anilines is 1. The van der Waals surface area contributed by atoms with Crippen molar-refractivity contribution in [3.8, 4) is 28.5 Å². The Bertz CT molecular complexity index is 1650. The molecule has 0 radical (unpaired) electrons. The predicted octanol–water partition coefficient (Wildman–Crippen LogP) is 4.04. The van der Waals surface area contributed by atoms with Crippen LogP contribution in [-0.4, -0.2) is 71.5 Å². The number of aromatic nitrogens is 3. The molecule has 5 rings (SSSR count). The molecule has 3 aromatic heterocycles. The zero-order valence-electron chi connectivity index (χ0n) is 23.9. The number of aliphatic hydroxyl groups excluding tert-OH is 1. The molecule has 0 bridgehead atoms. The molecular formula is C32H36N6O4. The van der Waals surface area contributed by atoms with Gasteiger partial charge in [-0.25, -0.2) is 4.98 Å². The van der Waals surface area contributed by atoms with Crippen molar-refractivity contribution in [2.45, 2.75) is 19.0 Å². The molecule has 3 heterocycles. The third-order valence-electron chi connectivity index (χ3n) is 7.06. The van der Waals surface area contributed by atoms with Gasteiger partial charge in [-0.1, -0.05) is 30.3 Å². The summed E-state index contributed by atoms with van der Waals surface area (Å²) < 4.78 is 17.0. The molecule has 0 aliphatic carbocycles. The van der Waals surface area contributed by atoms with Crippen LogP contribution in [0.4, 0.5) is 5.82 Å². The molecule has 1 atom stereocenters. The Morgan fingerprint density at radius 1 is 0.929 bits per heavy atom. The van der Waals surface area contributed by atoms with Gasteiger partial charge in [0.05, 0.1) is 37.7 Å². The van der Waals surface area contributed by atoms with Crippen molar-refractivity contribution < 1.29 is 19.3 Å². The maximum Gasteiger partial charge on any atom is 0.162 e. The first-order valence-electron chi connectivity index (χ1n) is 13.8. The first-order chi connectivity index (χ1) is 20.5. The SMILES string of the molecule is COc1cc2ncc3c(N)nc(-c4cncc(OC[C@@H](N)CN(CCCO)Cc5ccccc5)c4)cc3c2cc1OC. The third-order valence-corrected chi connectivity index (χ3v) is 7.06. The number of aliphatic hydroxyl groups is 1. The summed E-state index contributed by atoms with van der Waals surface area (Å²) in [6, 6.07) is 17.6. The molecule has 0 aliphatic heterocycles. The Hall–Kier alpha value is -4.51. The monoisotopic (exact) mass is 568 g/mol. The number of nitrogen functional groups attached to an aromatic ring is 1. The lowest BCUT2D eigenvalue weighted by Gasteiger charge is -2.25. The Labute approximate surface area is 244 Å². The van der Waals surface area contributed by atoms with Crippen LogP contribution in [0.15, 0.2) is 73.2 Å². The van der Waals surface area contributed by atoms with Crippen LogP contribution in [0.1, 0.15) is 12.0 Å². The molecule has 2 aromatic carbocycles. The van der Waals surface area contributed by atoms with Gasteiger partial charge in [0.1, 0.15) is 18.2 Å². The van der Waals surface area contributed by atoms with Crippen LogP contribution in [0.3, 0.4) is 0 Å². The van der Waals surface area contributed by atoms with Gasteiger partial charge in [0.2, 0.25) is 0 Å². The Morgan fingerprint density at radius 2 is 1.71 bits per heavy atom. The van der Waals surface area contributed by atoms with Crippen LogP contribution in [0.2, 0.25) is 0 Å². The zero-order valence-corrected chi connectivity index (χ0v) is 23.9. The van der Waals surface area contributed by atoms with E-state index in [1.165, 1.54) is 5.56 Å². The van der Waals surface area contributed by atoms with Gasteiger partial charge in [0.25, 0.3) is 0 Å². The van der Waals surface area contributed by atoms with E-state index in [1.54, 1.807) is 32.8 Å². The Kier molecular flexibility index (Phi) is 9.28. The van der Waals surface area contributed by atoms with E-state index < -0.39 is 0 Å². The van der Waals surface area contributed by atoms with Gasteiger partial charge >= 0.3 is 0 Å². The molecule has 5 aromatic rings. The van der Waals surface area contributed by atoms with Crippen LogP contribution in [0.5, 0.6) is 17.2 Å². The van der Waals surface area contributed by atoms with E-state index in [9.17, 15) is 5.11 Å². The standard InChI is InChI=1S/C32H36N6O4/c1-40-30-13-26-25-12-28(37-32(34)27(25)17-36-29(26)14-31(30)41-2)22-11-24(16-35-15-22)42-20-23(33)19-38(9-6-10-39)18-21-7-4-3-5-8-21/h3-5,7-8,11-17,23,39H,6,9-10,18-20,33H2,1-2H3,(H2,34,37)/t23-/m0/s1. The molecular weight excluding hydrogens is 532 g/mol. The number of ether oxygens (including phenoxy) is 3. The molecule has 0 saturated heterocycles. The van der Waals surface area contributed by atoms with Crippen molar-refractivity contribution in [1.82, 2.24) is 19.9 Å². The van der Waals surface area contributed by atoms with Crippen molar-refractivity contribution in [1.29, 1.82) is 0 Å². The lowest BCUT2D eigenvalue weighted by Crippen LogP contribution is -2.41. The molecule has 218 valence electrons. The summed E-state index contributed by atoms with van der Waals surface area (Å²) in [4.78, 5) is 15.8. The van der Waals surface area contributed by atoms with Gasteiger partial charge in [-0.2, -0.15) is 0 Å². The number of hydrogen-bond donors (Lipinski definition) is 3. The van der Waals surface area contributed by atoms with Crippen LogP contribution in [-0.2, 0) is 6.54 Å². The summed E-state index contributed by atoms with van der Waals surface area (Å²) in [6.07, 6.45) is 5.78. The molecule has 0 unspecified atom stereocenters.